The Morgan fingerprint density at radius 1 is 1.11 bits per heavy atom. The summed E-state index contributed by atoms with van der Waals surface area (Å²) >= 11 is 0. The van der Waals surface area contributed by atoms with Gasteiger partial charge in [0.25, 0.3) is 0 Å². The summed E-state index contributed by atoms with van der Waals surface area (Å²) in [7, 11) is 0.0414. The second-order valence-electron chi connectivity index (χ2n) is 2.30. The number of rotatable bonds is 4. The molecule has 0 spiro atoms. The maximum Gasteiger partial charge on any atom is 0.227 e. The van der Waals surface area contributed by atoms with Crippen molar-refractivity contribution in [2.75, 3.05) is 0 Å². The first-order valence-electron chi connectivity index (χ1n) is 3.00. The maximum absolute atomic E-state index is 8.63. The second kappa shape index (κ2) is 5.16. The van der Waals surface area contributed by atoms with Crippen LogP contribution in [-0.4, -0.2) is 29.1 Å². The highest BCUT2D eigenvalue weighted by Crippen LogP contribution is 2.17. The average molecular weight is 160 g/mol. The summed E-state index contributed by atoms with van der Waals surface area (Å²) in [5.41, 5.74) is 0.722. The van der Waals surface area contributed by atoms with Gasteiger partial charge in [-0.2, -0.15) is 0 Å². The predicted octanol–water partition coefficient (Wildman–Crippen LogP) is 0.216. The van der Waals surface area contributed by atoms with Crippen LogP contribution in [0.3, 0.4) is 0 Å². The minimum absolute atomic E-state index is 0.0207. The second-order valence-corrected chi connectivity index (χ2v) is 4.78. The summed E-state index contributed by atoms with van der Waals surface area (Å²) in [5.74, 6) is 0. The van der Waals surface area contributed by atoms with E-state index in [1.165, 1.54) is 0 Å². The van der Waals surface area contributed by atoms with Gasteiger partial charge in [-0.3, -0.25) is 0 Å². The Morgan fingerprint density at radius 3 is 1.67 bits per heavy atom. The molecule has 2 nitrogen and oxygen atoms in total. The molecule has 4 heteroatoms. The molecule has 0 rings (SSSR count). The zero-order valence-corrected chi connectivity index (χ0v) is 7.76. The summed E-state index contributed by atoms with van der Waals surface area (Å²) < 4.78 is 0. The third-order valence-corrected chi connectivity index (χ3v) is 2.50. The van der Waals surface area contributed by atoms with Crippen molar-refractivity contribution in [1.29, 1.82) is 0 Å². The lowest BCUT2D eigenvalue weighted by molar-refractivity contribution is 0.546. The molecule has 0 bridgehead atoms. The van der Waals surface area contributed by atoms with E-state index in [0.29, 0.717) is 11.1 Å². The summed E-state index contributed by atoms with van der Waals surface area (Å²) in [5, 5.41) is 0. The largest absolute Gasteiger partial charge is 0.431 e. The molecule has 0 saturated heterocycles. The van der Waals surface area contributed by atoms with Crippen molar-refractivity contribution >= 4 is 19.5 Å². The van der Waals surface area contributed by atoms with E-state index in [1.807, 2.05) is 13.8 Å². The molecule has 0 heterocycles. The minimum Gasteiger partial charge on any atom is -0.431 e. The standard InChI is InChI=1S/C5H12O2Si2/c1-4(8-6)3-5(2)9-7/h4-7H,3H2,1-2H3. The van der Waals surface area contributed by atoms with E-state index in [1.54, 1.807) is 0 Å². The molecule has 0 amide bonds. The topological polar surface area (TPSA) is 40.5 Å². The fraction of sp³-hybridized carbons (Fsp3) is 1.00. The Balaban J connectivity index is 3.22. The highest BCUT2D eigenvalue weighted by Gasteiger charge is 2.08. The number of hydrogen-bond donors (Lipinski definition) is 2. The van der Waals surface area contributed by atoms with Crippen LogP contribution in [0, 0.1) is 0 Å². The van der Waals surface area contributed by atoms with Gasteiger partial charge in [-0.25, -0.2) is 0 Å². The Hall–Kier alpha value is 0.354. The van der Waals surface area contributed by atoms with E-state index in [4.69, 9.17) is 9.59 Å². The van der Waals surface area contributed by atoms with Crippen LogP contribution in [-0.2, 0) is 0 Å². The first-order valence-corrected chi connectivity index (χ1v) is 5.04. The molecule has 0 aromatic carbocycles. The van der Waals surface area contributed by atoms with Crippen LogP contribution in [0.4, 0.5) is 0 Å². The molecule has 0 aliphatic carbocycles. The summed E-state index contributed by atoms with van der Waals surface area (Å²) in [6, 6.07) is 0. The Morgan fingerprint density at radius 2 is 1.44 bits per heavy atom. The molecular formula is C5H12O2Si2. The molecule has 0 saturated carbocycles. The van der Waals surface area contributed by atoms with Crippen LogP contribution in [0.1, 0.15) is 20.3 Å². The fourth-order valence-corrected chi connectivity index (χ4v) is 1.79. The van der Waals surface area contributed by atoms with Crippen molar-refractivity contribution in [3.05, 3.63) is 0 Å². The van der Waals surface area contributed by atoms with Gasteiger partial charge < -0.3 is 9.59 Å². The zero-order chi connectivity index (χ0) is 7.28. The molecule has 4 radical (unpaired) electrons. The molecule has 0 aliphatic rings. The highest BCUT2D eigenvalue weighted by molar-refractivity contribution is 6.30. The summed E-state index contributed by atoms with van der Waals surface area (Å²) in [6.07, 6.45) is 0.934. The van der Waals surface area contributed by atoms with Crippen LogP contribution in [0.15, 0.2) is 0 Å². The van der Waals surface area contributed by atoms with Crippen molar-refractivity contribution in [2.24, 2.45) is 0 Å². The lowest BCUT2D eigenvalue weighted by atomic mass is 10.3. The van der Waals surface area contributed by atoms with E-state index in [9.17, 15) is 0 Å². The van der Waals surface area contributed by atoms with Gasteiger partial charge in [0.05, 0.1) is 0 Å². The molecule has 0 fully saturated rings. The quantitative estimate of drug-likeness (QED) is 0.578. The van der Waals surface area contributed by atoms with Gasteiger partial charge in [-0.05, 0) is 17.5 Å². The van der Waals surface area contributed by atoms with Crippen molar-refractivity contribution in [3.63, 3.8) is 0 Å². The maximum atomic E-state index is 8.63. The molecule has 0 aromatic rings. The molecular weight excluding hydrogens is 148 g/mol. The summed E-state index contributed by atoms with van der Waals surface area (Å²) in [4.78, 5) is 17.3. The van der Waals surface area contributed by atoms with Gasteiger partial charge in [-0.1, -0.05) is 13.8 Å². The zero-order valence-electron chi connectivity index (χ0n) is 5.76. The molecule has 2 atom stereocenters. The van der Waals surface area contributed by atoms with Crippen molar-refractivity contribution in [2.45, 2.75) is 31.4 Å². The van der Waals surface area contributed by atoms with Crippen LogP contribution in [0.5, 0.6) is 0 Å². The molecule has 9 heavy (non-hydrogen) atoms. The molecule has 0 aliphatic heterocycles. The monoisotopic (exact) mass is 160 g/mol. The predicted molar refractivity (Wildman–Crippen MR) is 39.4 cm³/mol. The molecule has 0 aromatic heterocycles. The normalized spacial score (nSPS) is 17.3. The van der Waals surface area contributed by atoms with Crippen molar-refractivity contribution < 1.29 is 9.59 Å². The first kappa shape index (κ1) is 9.35. The minimum atomic E-state index is 0.0207. The fourth-order valence-electron chi connectivity index (χ4n) is 0.636. The van der Waals surface area contributed by atoms with E-state index >= 15 is 0 Å². The van der Waals surface area contributed by atoms with Gasteiger partial charge in [0.15, 0.2) is 0 Å². The first-order chi connectivity index (χ1) is 4.20. The lowest BCUT2D eigenvalue weighted by Gasteiger charge is -2.09. The lowest BCUT2D eigenvalue weighted by Crippen LogP contribution is -2.05. The van der Waals surface area contributed by atoms with Gasteiger partial charge in [-0.15, -0.1) is 0 Å². The van der Waals surface area contributed by atoms with E-state index < -0.39 is 0 Å². The van der Waals surface area contributed by atoms with Crippen molar-refractivity contribution in [1.82, 2.24) is 0 Å². The Kier molecular flexibility index (Phi) is 5.37. The SMILES string of the molecule is CC(CC(C)[Si]O)[Si]O. The Bertz CT molecular complexity index is 62.0. The smallest absolute Gasteiger partial charge is 0.227 e. The van der Waals surface area contributed by atoms with Crippen LogP contribution < -0.4 is 0 Å². The number of hydrogen-bond acceptors (Lipinski definition) is 2. The van der Waals surface area contributed by atoms with E-state index in [0.717, 1.165) is 6.42 Å². The van der Waals surface area contributed by atoms with Gasteiger partial charge in [0, 0.05) is 0 Å². The highest BCUT2D eigenvalue weighted by atomic mass is 28.2. The van der Waals surface area contributed by atoms with Crippen LogP contribution >= 0.6 is 0 Å². The van der Waals surface area contributed by atoms with Crippen molar-refractivity contribution in [3.8, 4) is 0 Å². The molecule has 52 valence electrons. The van der Waals surface area contributed by atoms with Gasteiger partial charge in [0.1, 0.15) is 0 Å². The Labute approximate surface area is 61.2 Å². The van der Waals surface area contributed by atoms with Gasteiger partial charge >= 0.3 is 0 Å². The third kappa shape index (κ3) is 4.83. The van der Waals surface area contributed by atoms with Gasteiger partial charge in [0.2, 0.25) is 19.5 Å². The van der Waals surface area contributed by atoms with E-state index in [2.05, 4.69) is 0 Å². The molecule has 2 unspecified atom stereocenters. The van der Waals surface area contributed by atoms with Crippen LogP contribution in [0.2, 0.25) is 11.1 Å². The van der Waals surface area contributed by atoms with Crippen LogP contribution in [0.25, 0.3) is 0 Å². The average Bonchev–Trinajstić information content (AvgIpc) is 1.87. The molecule has 2 N–H and O–H groups in total. The summed E-state index contributed by atoms with van der Waals surface area (Å²) in [6.45, 7) is 3.99. The van der Waals surface area contributed by atoms with E-state index in [-0.39, 0.29) is 19.5 Å². The third-order valence-electron chi connectivity index (χ3n) is 1.15.